The summed E-state index contributed by atoms with van der Waals surface area (Å²) in [5.74, 6) is -0.387. The number of rotatable bonds is 41. The van der Waals surface area contributed by atoms with Gasteiger partial charge in [0.1, 0.15) is 6.10 Å². The van der Waals surface area contributed by atoms with Crippen LogP contribution >= 0.6 is 7.82 Å². The van der Waals surface area contributed by atoms with Gasteiger partial charge in [0.2, 0.25) is 0 Å². The molecule has 0 aliphatic heterocycles. The first kappa shape index (κ1) is 56.6. The van der Waals surface area contributed by atoms with E-state index < -0.39 is 13.9 Å². The Bertz CT molecular complexity index is 1370. The van der Waals surface area contributed by atoms with Gasteiger partial charge in [-0.15, -0.1) is 0 Å². The number of carbonyl (C=O) groups is 1. The summed E-state index contributed by atoms with van der Waals surface area (Å²) in [6.45, 7) is 4.52. The number of hydrogen-bond acceptors (Lipinski definition) is 7. The fourth-order valence-electron chi connectivity index (χ4n) is 5.32. The number of esters is 1. The maximum Gasteiger partial charge on any atom is 0.472 e. The summed E-state index contributed by atoms with van der Waals surface area (Å²) in [6.07, 6.45) is 66.3. The molecule has 0 aromatic carbocycles. The predicted molar refractivity (Wildman–Crippen MR) is 256 cm³/mol. The van der Waals surface area contributed by atoms with Crippen molar-refractivity contribution in [2.24, 2.45) is 5.73 Å². The van der Waals surface area contributed by atoms with Gasteiger partial charge in [-0.3, -0.25) is 13.8 Å². The average molecular weight is 852 g/mol. The maximum atomic E-state index is 12.6. The quantitative estimate of drug-likeness (QED) is 0.0270. The molecule has 0 radical (unpaired) electrons. The number of ether oxygens (including phenoxy) is 2. The van der Waals surface area contributed by atoms with Crippen LogP contribution in [0, 0.1) is 0 Å². The van der Waals surface area contributed by atoms with Gasteiger partial charge in [-0.1, -0.05) is 160 Å². The van der Waals surface area contributed by atoms with Gasteiger partial charge in [0.05, 0.1) is 19.8 Å². The summed E-state index contributed by atoms with van der Waals surface area (Å²) in [6, 6.07) is 0. The fourth-order valence-corrected chi connectivity index (χ4v) is 6.08. The van der Waals surface area contributed by atoms with Gasteiger partial charge in [0, 0.05) is 19.6 Å². The van der Waals surface area contributed by atoms with Crippen LogP contribution in [0.2, 0.25) is 0 Å². The monoisotopic (exact) mass is 852 g/mol. The zero-order chi connectivity index (χ0) is 43.7. The third-order valence-electron chi connectivity index (χ3n) is 8.56. The van der Waals surface area contributed by atoms with Crippen LogP contribution in [0.1, 0.15) is 142 Å². The Balaban J connectivity index is 4.15. The van der Waals surface area contributed by atoms with Crippen LogP contribution in [0.25, 0.3) is 0 Å². The van der Waals surface area contributed by atoms with E-state index in [1.165, 1.54) is 0 Å². The van der Waals surface area contributed by atoms with Crippen molar-refractivity contribution in [2.45, 2.75) is 148 Å². The Labute approximate surface area is 366 Å². The Hall–Kier alpha value is -3.36. The lowest BCUT2D eigenvalue weighted by atomic mass is 10.1. The molecule has 0 fully saturated rings. The van der Waals surface area contributed by atoms with Crippen LogP contribution < -0.4 is 5.73 Å². The fraction of sp³-hybridized carbons (Fsp3) is 0.549. The van der Waals surface area contributed by atoms with Gasteiger partial charge in [0.25, 0.3) is 0 Å². The van der Waals surface area contributed by atoms with Crippen LogP contribution in [0.3, 0.4) is 0 Å². The molecule has 0 aromatic rings. The minimum Gasteiger partial charge on any atom is -0.457 e. The van der Waals surface area contributed by atoms with E-state index in [0.717, 1.165) is 116 Å². The van der Waals surface area contributed by atoms with E-state index in [-0.39, 0.29) is 38.8 Å². The van der Waals surface area contributed by atoms with Crippen molar-refractivity contribution in [1.82, 2.24) is 0 Å². The first-order valence-corrected chi connectivity index (χ1v) is 24.2. The van der Waals surface area contributed by atoms with Gasteiger partial charge in [-0.2, -0.15) is 0 Å². The minimum atomic E-state index is -4.31. The third kappa shape index (κ3) is 45.7. The molecule has 0 saturated carbocycles. The molecule has 0 amide bonds. The summed E-state index contributed by atoms with van der Waals surface area (Å²) < 4.78 is 33.4. The highest BCUT2D eigenvalue weighted by molar-refractivity contribution is 7.47. The molecule has 0 aliphatic carbocycles. The number of hydrogen-bond donors (Lipinski definition) is 2. The number of unbranched alkanes of at least 4 members (excludes halogenated alkanes) is 6. The molecule has 0 saturated heterocycles. The van der Waals surface area contributed by atoms with Crippen molar-refractivity contribution < 1.29 is 32.8 Å². The molecule has 0 rings (SSSR count). The lowest BCUT2D eigenvalue weighted by Crippen LogP contribution is -2.28. The van der Waals surface area contributed by atoms with E-state index in [4.69, 9.17) is 24.3 Å². The second-order valence-electron chi connectivity index (χ2n) is 14.1. The second-order valence-corrected chi connectivity index (χ2v) is 15.6. The first-order chi connectivity index (χ1) is 29.4. The zero-order valence-corrected chi connectivity index (χ0v) is 38.3. The minimum absolute atomic E-state index is 0.0713. The van der Waals surface area contributed by atoms with E-state index >= 15 is 0 Å². The SMILES string of the molecule is CC/C=C\C/C=C\C/C=C\C/C=C\C/C=C\C/C=C\C/C=C\CCCCCCOCC(COP(=O)(O)OCCN)OC(=O)CCCC/C=C\C/C=C\C/C=C\C/C=C\CC. The molecular formula is C51H82NO7P. The Morgan fingerprint density at radius 1 is 0.500 bits per heavy atom. The zero-order valence-electron chi connectivity index (χ0n) is 37.4. The van der Waals surface area contributed by atoms with E-state index in [0.29, 0.717) is 13.0 Å². The topological polar surface area (TPSA) is 117 Å². The van der Waals surface area contributed by atoms with E-state index in [1.807, 2.05) is 0 Å². The highest BCUT2D eigenvalue weighted by Crippen LogP contribution is 2.43. The number of carbonyl (C=O) groups excluding carboxylic acids is 1. The Morgan fingerprint density at radius 3 is 1.30 bits per heavy atom. The van der Waals surface area contributed by atoms with Crippen molar-refractivity contribution in [3.8, 4) is 0 Å². The molecule has 0 heterocycles. The van der Waals surface area contributed by atoms with Crippen LogP contribution in [0.4, 0.5) is 0 Å². The smallest absolute Gasteiger partial charge is 0.457 e. The molecule has 3 N–H and O–H groups in total. The van der Waals surface area contributed by atoms with Crippen molar-refractivity contribution in [1.29, 1.82) is 0 Å². The molecule has 60 heavy (non-hydrogen) atoms. The van der Waals surface area contributed by atoms with Crippen molar-refractivity contribution in [3.05, 3.63) is 134 Å². The van der Waals surface area contributed by atoms with E-state index in [2.05, 4.69) is 148 Å². The molecule has 2 atom stereocenters. The molecule has 2 unspecified atom stereocenters. The van der Waals surface area contributed by atoms with Gasteiger partial charge < -0.3 is 20.1 Å². The molecule has 338 valence electrons. The summed E-state index contributed by atoms with van der Waals surface area (Å²) in [4.78, 5) is 22.5. The third-order valence-corrected chi connectivity index (χ3v) is 9.55. The predicted octanol–water partition coefficient (Wildman–Crippen LogP) is 14.0. The summed E-state index contributed by atoms with van der Waals surface area (Å²) in [5.41, 5.74) is 5.37. The molecule has 0 bridgehead atoms. The highest BCUT2D eigenvalue weighted by Gasteiger charge is 2.25. The van der Waals surface area contributed by atoms with E-state index in [1.54, 1.807) is 0 Å². The van der Waals surface area contributed by atoms with Crippen molar-refractivity contribution in [2.75, 3.05) is 33.0 Å². The summed E-state index contributed by atoms with van der Waals surface area (Å²) in [7, 11) is -4.31. The lowest BCUT2D eigenvalue weighted by Gasteiger charge is -2.20. The molecule has 9 heteroatoms. The summed E-state index contributed by atoms with van der Waals surface area (Å²) in [5, 5.41) is 0. The number of allylic oxidation sites excluding steroid dienone is 22. The van der Waals surface area contributed by atoms with Crippen LogP contribution in [0.15, 0.2) is 134 Å². The molecule has 8 nitrogen and oxygen atoms in total. The highest BCUT2D eigenvalue weighted by atomic mass is 31.2. The van der Waals surface area contributed by atoms with Crippen LogP contribution in [0.5, 0.6) is 0 Å². The van der Waals surface area contributed by atoms with Crippen molar-refractivity contribution in [3.63, 3.8) is 0 Å². The molecule has 0 spiro atoms. The normalized spacial score (nSPS) is 14.7. The molecule has 0 aromatic heterocycles. The van der Waals surface area contributed by atoms with Gasteiger partial charge in [0.15, 0.2) is 0 Å². The van der Waals surface area contributed by atoms with Gasteiger partial charge in [-0.25, -0.2) is 4.57 Å². The first-order valence-electron chi connectivity index (χ1n) is 22.7. The largest absolute Gasteiger partial charge is 0.472 e. The number of phosphoric acid groups is 1. The summed E-state index contributed by atoms with van der Waals surface area (Å²) >= 11 is 0. The lowest BCUT2D eigenvalue weighted by molar-refractivity contribution is -0.154. The van der Waals surface area contributed by atoms with Gasteiger partial charge in [-0.05, 0) is 109 Å². The van der Waals surface area contributed by atoms with Gasteiger partial charge >= 0.3 is 13.8 Å². The molecular weight excluding hydrogens is 770 g/mol. The average Bonchev–Trinajstić information content (AvgIpc) is 3.24. The second kappa shape index (κ2) is 46.7. The van der Waals surface area contributed by atoms with E-state index in [9.17, 15) is 14.3 Å². The number of nitrogens with two attached hydrogens (primary N) is 1. The number of phosphoric ester groups is 1. The van der Waals surface area contributed by atoms with Crippen LogP contribution in [-0.4, -0.2) is 49.9 Å². The standard InChI is InChI=1S/C51H82NO7P/c1-3-5-7-9-11-13-15-17-19-20-21-22-23-24-25-26-27-28-29-31-33-35-37-39-41-43-46-56-48-50(49-58-60(54,55)57-47-45-52)59-51(53)44-42-40-38-36-34-32-30-18-16-14-12-10-8-6-4-2/h5-8,11-14,17-19,21-22,24-25,27-28,30-31,33-34,36,50H,3-4,9-10,15-16,20,23,26,29,32,35,37-49,52H2,1-2H3,(H,54,55)/b7-5-,8-6-,13-11-,14-12-,19-17-,22-21-,25-24-,28-27-,30-18-,33-31-,36-34-. The Kier molecular flexibility index (Phi) is 44.1. The molecule has 0 aliphatic rings. The maximum absolute atomic E-state index is 12.6. The van der Waals surface area contributed by atoms with Crippen molar-refractivity contribution >= 4 is 13.8 Å². The Morgan fingerprint density at radius 2 is 0.883 bits per heavy atom. The van der Waals surface area contributed by atoms with Crippen LogP contribution in [-0.2, 0) is 27.9 Å².